The van der Waals surface area contributed by atoms with Crippen LogP contribution < -0.4 is 10.6 Å². The number of amides is 1. The maximum Gasteiger partial charge on any atom is 0.274 e. The highest BCUT2D eigenvalue weighted by Gasteiger charge is 2.13. The number of aromatic nitrogens is 2. The second-order valence-electron chi connectivity index (χ2n) is 6.06. The minimum Gasteiger partial charge on any atom is -0.379 e. The van der Waals surface area contributed by atoms with E-state index in [0.29, 0.717) is 23.9 Å². The Bertz CT molecular complexity index is 765. The van der Waals surface area contributed by atoms with Gasteiger partial charge in [-0.25, -0.2) is 14.4 Å². The van der Waals surface area contributed by atoms with Gasteiger partial charge in [0, 0.05) is 37.6 Å². The van der Waals surface area contributed by atoms with Crippen LogP contribution in [0.15, 0.2) is 30.3 Å². The first kappa shape index (κ1) is 18.2. The first-order valence-corrected chi connectivity index (χ1v) is 8.57. The van der Waals surface area contributed by atoms with Crippen LogP contribution in [0.3, 0.4) is 0 Å². The Balaban J connectivity index is 1.60. The molecule has 0 radical (unpaired) electrons. The Kier molecular flexibility index (Phi) is 6.08. The molecule has 26 heavy (non-hydrogen) atoms. The quantitative estimate of drug-likeness (QED) is 0.820. The average Bonchev–Trinajstić information content (AvgIpc) is 2.62. The Labute approximate surface area is 151 Å². The van der Waals surface area contributed by atoms with Crippen LogP contribution in [0.25, 0.3) is 0 Å². The molecular formula is C18H22FN5O2. The van der Waals surface area contributed by atoms with Crippen LogP contribution in [0, 0.1) is 12.7 Å². The van der Waals surface area contributed by atoms with Gasteiger partial charge >= 0.3 is 0 Å². The molecule has 1 aromatic carbocycles. The van der Waals surface area contributed by atoms with Crippen molar-refractivity contribution in [2.24, 2.45) is 0 Å². The van der Waals surface area contributed by atoms with E-state index in [-0.39, 0.29) is 5.69 Å². The Hall–Kier alpha value is -2.58. The van der Waals surface area contributed by atoms with Gasteiger partial charge in [0.05, 0.1) is 13.2 Å². The lowest BCUT2D eigenvalue weighted by Gasteiger charge is -2.26. The molecule has 0 saturated carbocycles. The van der Waals surface area contributed by atoms with Crippen molar-refractivity contribution < 1.29 is 13.9 Å². The third-order valence-corrected chi connectivity index (χ3v) is 3.98. The lowest BCUT2D eigenvalue weighted by atomic mass is 10.2. The maximum atomic E-state index is 13.2. The summed E-state index contributed by atoms with van der Waals surface area (Å²) in [5.74, 6) is -0.410. The molecule has 1 saturated heterocycles. The van der Waals surface area contributed by atoms with Crippen LogP contribution in [0.1, 0.15) is 16.2 Å². The SMILES string of the molecule is Cc1cc(C(=O)Nc2cccc(F)c2)nc(NCCN2CCOCC2)n1. The van der Waals surface area contributed by atoms with E-state index in [9.17, 15) is 9.18 Å². The summed E-state index contributed by atoms with van der Waals surface area (Å²) in [6, 6.07) is 7.33. The monoisotopic (exact) mass is 359 g/mol. The van der Waals surface area contributed by atoms with Gasteiger partial charge in [-0.05, 0) is 31.2 Å². The van der Waals surface area contributed by atoms with Crippen molar-refractivity contribution in [3.8, 4) is 0 Å². The first-order valence-electron chi connectivity index (χ1n) is 8.57. The highest BCUT2D eigenvalue weighted by molar-refractivity contribution is 6.03. The van der Waals surface area contributed by atoms with Crippen LogP contribution >= 0.6 is 0 Å². The van der Waals surface area contributed by atoms with Crippen molar-refractivity contribution >= 4 is 17.5 Å². The summed E-state index contributed by atoms with van der Waals surface area (Å²) in [4.78, 5) is 23.3. The fourth-order valence-electron chi connectivity index (χ4n) is 2.68. The van der Waals surface area contributed by atoms with Gasteiger partial charge in [-0.3, -0.25) is 9.69 Å². The zero-order valence-electron chi connectivity index (χ0n) is 14.7. The second-order valence-corrected chi connectivity index (χ2v) is 6.06. The lowest BCUT2D eigenvalue weighted by molar-refractivity contribution is 0.0398. The predicted molar refractivity (Wildman–Crippen MR) is 96.9 cm³/mol. The molecule has 0 atom stereocenters. The number of benzene rings is 1. The van der Waals surface area contributed by atoms with E-state index in [2.05, 4.69) is 25.5 Å². The van der Waals surface area contributed by atoms with E-state index in [0.717, 1.165) is 32.8 Å². The maximum absolute atomic E-state index is 13.2. The summed E-state index contributed by atoms with van der Waals surface area (Å²) in [5, 5.41) is 5.80. The van der Waals surface area contributed by atoms with Gasteiger partial charge in [-0.1, -0.05) is 6.07 Å². The number of carbonyl (C=O) groups excluding carboxylic acids is 1. The minimum atomic E-state index is -0.410. The summed E-state index contributed by atoms with van der Waals surface area (Å²) in [7, 11) is 0. The molecular weight excluding hydrogens is 337 g/mol. The topological polar surface area (TPSA) is 79.4 Å². The van der Waals surface area contributed by atoms with E-state index < -0.39 is 11.7 Å². The fraction of sp³-hybridized carbons (Fsp3) is 0.389. The highest BCUT2D eigenvalue weighted by Crippen LogP contribution is 2.12. The van der Waals surface area contributed by atoms with Crippen molar-refractivity contribution in [1.29, 1.82) is 0 Å². The molecule has 1 aliphatic rings. The van der Waals surface area contributed by atoms with Gasteiger partial charge in [-0.2, -0.15) is 0 Å². The number of nitrogens with one attached hydrogen (secondary N) is 2. The van der Waals surface area contributed by atoms with Gasteiger partial charge < -0.3 is 15.4 Å². The van der Waals surface area contributed by atoms with Crippen LogP contribution in [0.4, 0.5) is 16.0 Å². The molecule has 7 nitrogen and oxygen atoms in total. The molecule has 0 spiro atoms. The summed E-state index contributed by atoms with van der Waals surface area (Å²) < 4.78 is 18.6. The van der Waals surface area contributed by atoms with E-state index in [4.69, 9.17) is 4.74 Å². The van der Waals surface area contributed by atoms with Crippen LogP contribution in [-0.2, 0) is 4.74 Å². The van der Waals surface area contributed by atoms with Crippen LogP contribution in [0.5, 0.6) is 0 Å². The molecule has 0 unspecified atom stereocenters. The molecule has 8 heteroatoms. The lowest BCUT2D eigenvalue weighted by Crippen LogP contribution is -2.39. The van der Waals surface area contributed by atoms with Crippen molar-refractivity contribution in [1.82, 2.24) is 14.9 Å². The third-order valence-electron chi connectivity index (χ3n) is 3.98. The zero-order valence-corrected chi connectivity index (χ0v) is 14.7. The zero-order chi connectivity index (χ0) is 18.4. The molecule has 2 aromatic rings. The fourth-order valence-corrected chi connectivity index (χ4v) is 2.68. The van der Waals surface area contributed by atoms with Crippen LogP contribution in [-0.4, -0.2) is 60.2 Å². The van der Waals surface area contributed by atoms with Crippen molar-refractivity contribution in [2.45, 2.75) is 6.92 Å². The molecule has 2 heterocycles. The Morgan fingerprint density at radius 2 is 2.08 bits per heavy atom. The van der Waals surface area contributed by atoms with Crippen molar-refractivity contribution in [3.63, 3.8) is 0 Å². The number of morpholine rings is 1. The molecule has 1 amide bonds. The number of ether oxygens (including phenoxy) is 1. The number of hydrogen-bond acceptors (Lipinski definition) is 6. The van der Waals surface area contributed by atoms with Crippen molar-refractivity contribution in [2.75, 3.05) is 50.0 Å². The molecule has 138 valence electrons. The van der Waals surface area contributed by atoms with Gasteiger partial charge in [0.25, 0.3) is 5.91 Å². The smallest absolute Gasteiger partial charge is 0.274 e. The minimum absolute atomic E-state index is 0.232. The van der Waals surface area contributed by atoms with E-state index in [1.165, 1.54) is 18.2 Å². The predicted octanol–water partition coefficient (Wildman–Crippen LogP) is 1.92. The molecule has 1 fully saturated rings. The largest absolute Gasteiger partial charge is 0.379 e. The molecule has 3 rings (SSSR count). The van der Waals surface area contributed by atoms with E-state index in [1.807, 2.05) is 0 Å². The van der Waals surface area contributed by atoms with E-state index >= 15 is 0 Å². The second kappa shape index (κ2) is 8.68. The summed E-state index contributed by atoms with van der Waals surface area (Å²) in [5.41, 5.74) is 1.29. The number of hydrogen-bond donors (Lipinski definition) is 2. The summed E-state index contributed by atoms with van der Waals surface area (Å²) >= 11 is 0. The van der Waals surface area contributed by atoms with Crippen molar-refractivity contribution in [3.05, 3.63) is 47.5 Å². The first-order chi connectivity index (χ1) is 12.6. The average molecular weight is 359 g/mol. The summed E-state index contributed by atoms with van der Waals surface area (Å²) in [6.45, 7) is 6.67. The third kappa shape index (κ3) is 5.21. The molecule has 0 bridgehead atoms. The van der Waals surface area contributed by atoms with Crippen LogP contribution in [0.2, 0.25) is 0 Å². The molecule has 1 aromatic heterocycles. The molecule has 2 N–H and O–H groups in total. The van der Waals surface area contributed by atoms with Gasteiger partial charge in [0.2, 0.25) is 5.95 Å². The number of aryl methyl sites for hydroxylation is 1. The number of halogens is 1. The number of nitrogens with zero attached hydrogens (tertiary/aromatic N) is 3. The highest BCUT2D eigenvalue weighted by atomic mass is 19.1. The number of anilines is 2. The normalized spacial score (nSPS) is 14.8. The number of rotatable bonds is 6. The molecule has 0 aliphatic carbocycles. The van der Waals surface area contributed by atoms with Gasteiger partial charge in [0.15, 0.2) is 0 Å². The molecule has 1 aliphatic heterocycles. The Morgan fingerprint density at radius 1 is 1.27 bits per heavy atom. The standard InChI is InChI=1S/C18H22FN5O2/c1-13-11-16(17(25)22-15-4-2-3-14(19)12-15)23-18(21-13)20-5-6-24-7-9-26-10-8-24/h2-4,11-12H,5-10H2,1H3,(H,22,25)(H,20,21,23). The van der Waals surface area contributed by atoms with Gasteiger partial charge in [-0.15, -0.1) is 0 Å². The summed E-state index contributed by atoms with van der Waals surface area (Å²) in [6.07, 6.45) is 0. The Morgan fingerprint density at radius 3 is 2.85 bits per heavy atom. The van der Waals surface area contributed by atoms with Gasteiger partial charge in [0.1, 0.15) is 11.5 Å². The number of carbonyl (C=O) groups is 1. The van der Waals surface area contributed by atoms with E-state index in [1.54, 1.807) is 19.1 Å².